The van der Waals surface area contributed by atoms with Crippen LogP contribution < -0.4 is 10.6 Å². The highest BCUT2D eigenvalue weighted by Crippen LogP contribution is 2.24. The summed E-state index contributed by atoms with van der Waals surface area (Å²) in [4.78, 5) is 42.2. The van der Waals surface area contributed by atoms with E-state index in [-0.39, 0.29) is 30.8 Å². The zero-order chi connectivity index (χ0) is 29.3. The summed E-state index contributed by atoms with van der Waals surface area (Å²) in [6, 6.07) is 19.2. The molecule has 0 saturated heterocycles. The van der Waals surface area contributed by atoms with Crippen molar-refractivity contribution in [3.8, 4) is 11.1 Å². The lowest BCUT2D eigenvalue weighted by Crippen LogP contribution is -2.55. The normalized spacial score (nSPS) is 13.3. The van der Waals surface area contributed by atoms with Crippen LogP contribution in [-0.4, -0.2) is 33.9 Å². The number of rotatable bonds is 12. The molecule has 41 heavy (non-hydrogen) atoms. The Kier molecular flexibility index (Phi) is 12.5. The van der Waals surface area contributed by atoms with Gasteiger partial charge in [0.05, 0.1) is 12.5 Å². The SMILES string of the molecule is Cc1cccc(-c2ccc(CCC[C@H](CC(=O)O)C(=O)N[C@H](C(=O)N[C@H](C)c3ccncc3)C(C)(C)C)cc2)c1.Cl. The number of aromatic nitrogens is 1. The zero-order valence-electron chi connectivity index (χ0n) is 24.5. The number of carbonyl (C=O) groups excluding carboxylic acids is 2. The number of amides is 2. The number of aliphatic carboxylic acids is 1. The highest BCUT2D eigenvalue weighted by atomic mass is 35.5. The molecule has 3 atom stereocenters. The summed E-state index contributed by atoms with van der Waals surface area (Å²) in [5, 5.41) is 15.3. The molecule has 3 rings (SSSR count). The summed E-state index contributed by atoms with van der Waals surface area (Å²) in [5.41, 5.74) is 4.96. The van der Waals surface area contributed by atoms with E-state index in [0.29, 0.717) is 12.8 Å². The van der Waals surface area contributed by atoms with E-state index < -0.39 is 29.3 Å². The highest BCUT2D eigenvalue weighted by Gasteiger charge is 2.35. The number of pyridine rings is 1. The molecule has 0 aliphatic heterocycles. The molecule has 0 bridgehead atoms. The first-order chi connectivity index (χ1) is 18.9. The van der Waals surface area contributed by atoms with Gasteiger partial charge in [0.1, 0.15) is 6.04 Å². The van der Waals surface area contributed by atoms with Gasteiger partial charge in [-0.05, 0) is 72.9 Å². The van der Waals surface area contributed by atoms with Gasteiger partial charge in [-0.1, -0.05) is 74.9 Å². The number of nitrogens with zero attached hydrogens (tertiary/aromatic N) is 1. The number of nitrogens with one attached hydrogen (secondary N) is 2. The van der Waals surface area contributed by atoms with Gasteiger partial charge in [0.25, 0.3) is 0 Å². The fourth-order valence-electron chi connectivity index (χ4n) is 4.75. The topological polar surface area (TPSA) is 108 Å². The first kappa shape index (κ1) is 33.5. The fourth-order valence-corrected chi connectivity index (χ4v) is 4.75. The van der Waals surface area contributed by atoms with E-state index in [9.17, 15) is 19.5 Å². The maximum atomic E-state index is 13.3. The minimum Gasteiger partial charge on any atom is -0.481 e. The van der Waals surface area contributed by atoms with E-state index >= 15 is 0 Å². The molecule has 0 aliphatic rings. The number of carboxylic acids is 1. The lowest BCUT2D eigenvalue weighted by molar-refractivity contribution is -0.142. The molecule has 8 heteroatoms. The average molecular weight is 580 g/mol. The average Bonchev–Trinajstić information content (AvgIpc) is 2.91. The fraction of sp³-hybridized carbons (Fsp3) is 0.394. The monoisotopic (exact) mass is 579 g/mol. The highest BCUT2D eigenvalue weighted by molar-refractivity contribution is 5.90. The molecule has 0 spiro atoms. The third-order valence-electron chi connectivity index (χ3n) is 7.09. The van der Waals surface area contributed by atoms with Gasteiger partial charge in [-0.25, -0.2) is 0 Å². The molecule has 220 valence electrons. The Labute approximate surface area is 249 Å². The van der Waals surface area contributed by atoms with Crippen LogP contribution in [0, 0.1) is 18.3 Å². The largest absolute Gasteiger partial charge is 0.481 e. The first-order valence-electron chi connectivity index (χ1n) is 13.8. The minimum absolute atomic E-state index is 0. The zero-order valence-corrected chi connectivity index (χ0v) is 25.3. The predicted octanol–water partition coefficient (Wildman–Crippen LogP) is 6.30. The summed E-state index contributed by atoms with van der Waals surface area (Å²) in [5.74, 6) is -2.50. The summed E-state index contributed by atoms with van der Waals surface area (Å²) < 4.78 is 0. The quantitative estimate of drug-likeness (QED) is 0.233. The van der Waals surface area contributed by atoms with Crippen LogP contribution in [0.5, 0.6) is 0 Å². The maximum absolute atomic E-state index is 13.3. The van der Waals surface area contributed by atoms with Gasteiger partial charge in [-0.2, -0.15) is 0 Å². The van der Waals surface area contributed by atoms with Gasteiger partial charge in [-0.3, -0.25) is 19.4 Å². The van der Waals surface area contributed by atoms with Crippen LogP contribution in [0.15, 0.2) is 73.1 Å². The van der Waals surface area contributed by atoms with Crippen molar-refractivity contribution in [3.63, 3.8) is 0 Å². The molecular formula is C33H42ClN3O4. The summed E-state index contributed by atoms with van der Waals surface area (Å²) in [7, 11) is 0. The molecule has 3 aromatic rings. The molecule has 0 saturated carbocycles. The summed E-state index contributed by atoms with van der Waals surface area (Å²) in [6.45, 7) is 9.57. The Balaban J connectivity index is 0.00000588. The molecular weight excluding hydrogens is 538 g/mol. The predicted molar refractivity (Wildman–Crippen MR) is 165 cm³/mol. The minimum atomic E-state index is -1.04. The molecule has 0 radical (unpaired) electrons. The Morgan fingerprint density at radius 2 is 1.56 bits per heavy atom. The van der Waals surface area contributed by atoms with Crippen molar-refractivity contribution in [1.29, 1.82) is 0 Å². The van der Waals surface area contributed by atoms with Gasteiger partial charge in [0.2, 0.25) is 11.8 Å². The van der Waals surface area contributed by atoms with Gasteiger partial charge in [0, 0.05) is 18.3 Å². The van der Waals surface area contributed by atoms with E-state index in [1.807, 2.05) is 45.9 Å². The van der Waals surface area contributed by atoms with Crippen LogP contribution in [0.25, 0.3) is 11.1 Å². The lowest BCUT2D eigenvalue weighted by Gasteiger charge is -2.32. The van der Waals surface area contributed by atoms with E-state index in [2.05, 4.69) is 65.0 Å². The van der Waals surface area contributed by atoms with Gasteiger partial charge < -0.3 is 15.7 Å². The Hall–Kier alpha value is -3.71. The van der Waals surface area contributed by atoms with Crippen LogP contribution in [-0.2, 0) is 20.8 Å². The maximum Gasteiger partial charge on any atom is 0.304 e. The number of carboxylic acid groups (broad SMARTS) is 1. The molecule has 0 fully saturated rings. The van der Waals surface area contributed by atoms with Crippen molar-refractivity contribution < 1.29 is 19.5 Å². The molecule has 1 heterocycles. The number of benzene rings is 2. The first-order valence-corrected chi connectivity index (χ1v) is 13.8. The second-order valence-electron chi connectivity index (χ2n) is 11.6. The van der Waals surface area contributed by atoms with Gasteiger partial charge in [0.15, 0.2) is 0 Å². The third-order valence-corrected chi connectivity index (χ3v) is 7.09. The lowest BCUT2D eigenvalue weighted by atomic mass is 9.85. The third kappa shape index (κ3) is 10.3. The Morgan fingerprint density at radius 3 is 2.15 bits per heavy atom. The van der Waals surface area contributed by atoms with Crippen molar-refractivity contribution in [3.05, 3.63) is 89.7 Å². The number of carbonyl (C=O) groups is 3. The standard InChI is InChI=1S/C33H41N3O4.ClH/c1-22-8-6-10-27(20-22)26-14-12-24(13-15-26)9-7-11-28(21-29(37)38)31(39)36-30(33(3,4)5)32(40)35-23(2)25-16-18-34-19-17-25;/h6,8,10,12-20,23,28,30H,7,9,11,21H2,1-5H3,(H,35,40)(H,36,39)(H,37,38);1H/t23-,28-,30-;/m1./s1. The van der Waals surface area contributed by atoms with Crippen LogP contribution >= 0.6 is 12.4 Å². The van der Waals surface area contributed by atoms with Crippen molar-refractivity contribution in [2.45, 2.75) is 72.4 Å². The summed E-state index contributed by atoms with van der Waals surface area (Å²) in [6.07, 6.45) is 4.82. The number of halogens is 1. The van der Waals surface area contributed by atoms with Crippen molar-refractivity contribution in [2.24, 2.45) is 11.3 Å². The molecule has 0 aliphatic carbocycles. The van der Waals surface area contributed by atoms with E-state index in [1.54, 1.807) is 12.4 Å². The van der Waals surface area contributed by atoms with Crippen molar-refractivity contribution in [1.82, 2.24) is 15.6 Å². The Bertz CT molecular complexity index is 1290. The Morgan fingerprint density at radius 1 is 0.902 bits per heavy atom. The van der Waals surface area contributed by atoms with E-state index in [4.69, 9.17) is 0 Å². The number of hydrogen-bond donors (Lipinski definition) is 3. The van der Waals surface area contributed by atoms with E-state index in [0.717, 1.165) is 28.7 Å². The van der Waals surface area contributed by atoms with Crippen LogP contribution in [0.4, 0.5) is 0 Å². The number of hydrogen-bond acceptors (Lipinski definition) is 4. The van der Waals surface area contributed by atoms with Crippen molar-refractivity contribution in [2.75, 3.05) is 0 Å². The molecule has 1 aromatic heterocycles. The number of aryl methyl sites for hydroxylation is 2. The summed E-state index contributed by atoms with van der Waals surface area (Å²) >= 11 is 0. The second kappa shape index (κ2) is 15.3. The second-order valence-corrected chi connectivity index (χ2v) is 11.6. The van der Waals surface area contributed by atoms with Crippen LogP contribution in [0.2, 0.25) is 0 Å². The molecule has 3 N–H and O–H groups in total. The van der Waals surface area contributed by atoms with Gasteiger partial charge >= 0.3 is 5.97 Å². The molecule has 2 aromatic carbocycles. The van der Waals surface area contributed by atoms with Crippen LogP contribution in [0.3, 0.4) is 0 Å². The molecule has 7 nitrogen and oxygen atoms in total. The van der Waals surface area contributed by atoms with Crippen LogP contribution in [0.1, 0.15) is 69.7 Å². The van der Waals surface area contributed by atoms with E-state index in [1.165, 1.54) is 5.56 Å². The van der Waals surface area contributed by atoms with Crippen molar-refractivity contribution >= 4 is 30.2 Å². The molecule has 0 unspecified atom stereocenters. The smallest absolute Gasteiger partial charge is 0.304 e. The van der Waals surface area contributed by atoms with Gasteiger partial charge in [-0.15, -0.1) is 12.4 Å². The molecule has 2 amide bonds.